The van der Waals surface area contributed by atoms with E-state index in [2.05, 4.69) is 41.5 Å². The average molecular weight is 236 g/mol. The van der Waals surface area contributed by atoms with Crippen LogP contribution in [0.3, 0.4) is 0 Å². The Hall–Kier alpha value is 0. The molecule has 0 aromatic rings. The first-order chi connectivity index (χ1) is 7.91. The molecule has 2 rings (SSSR count). The highest BCUT2D eigenvalue weighted by atomic mass is 14.5. The fraction of sp³-hybridized carbons (Fsp3) is 1.00. The molecule has 2 aliphatic carbocycles. The predicted molar refractivity (Wildman–Crippen MR) is 75.8 cm³/mol. The fourth-order valence-corrected chi connectivity index (χ4v) is 4.79. The van der Waals surface area contributed by atoms with Crippen molar-refractivity contribution in [2.75, 3.05) is 0 Å². The fourth-order valence-electron chi connectivity index (χ4n) is 4.79. The minimum absolute atomic E-state index is 0.889. The molecule has 2 fully saturated rings. The minimum atomic E-state index is 0.889. The summed E-state index contributed by atoms with van der Waals surface area (Å²) in [6.07, 6.45) is 4.55. The highest BCUT2D eigenvalue weighted by molar-refractivity contribution is 4.96. The second kappa shape index (κ2) is 4.94. The lowest BCUT2D eigenvalue weighted by Gasteiger charge is -2.43. The first-order valence-electron chi connectivity index (χ1n) is 7.91. The third kappa shape index (κ3) is 2.42. The molecule has 6 atom stereocenters. The summed E-state index contributed by atoms with van der Waals surface area (Å²) in [5.41, 5.74) is 0. The largest absolute Gasteiger partial charge is 0.0625 e. The Morgan fingerprint density at radius 2 is 1.41 bits per heavy atom. The van der Waals surface area contributed by atoms with Gasteiger partial charge in [-0.25, -0.2) is 0 Å². The summed E-state index contributed by atoms with van der Waals surface area (Å²) in [4.78, 5) is 0. The van der Waals surface area contributed by atoms with Gasteiger partial charge in [0.25, 0.3) is 0 Å². The van der Waals surface area contributed by atoms with Crippen LogP contribution in [0, 0.1) is 47.3 Å². The normalized spacial score (nSPS) is 46.6. The van der Waals surface area contributed by atoms with Gasteiger partial charge in [0, 0.05) is 0 Å². The highest BCUT2D eigenvalue weighted by Gasteiger charge is 2.47. The molecule has 0 nitrogen and oxygen atoms in total. The van der Waals surface area contributed by atoms with Crippen molar-refractivity contribution in [2.24, 2.45) is 47.3 Å². The molecule has 0 heterocycles. The average Bonchev–Trinajstić information content (AvgIpc) is 2.54. The van der Waals surface area contributed by atoms with Crippen LogP contribution >= 0.6 is 0 Å². The van der Waals surface area contributed by atoms with Crippen molar-refractivity contribution in [1.29, 1.82) is 0 Å². The molecule has 0 amide bonds. The third-order valence-electron chi connectivity index (χ3n) is 6.27. The van der Waals surface area contributed by atoms with Crippen molar-refractivity contribution in [2.45, 2.75) is 60.8 Å². The summed E-state index contributed by atoms with van der Waals surface area (Å²) in [6, 6.07) is 0. The van der Waals surface area contributed by atoms with Crippen LogP contribution in [0.15, 0.2) is 0 Å². The quantitative estimate of drug-likeness (QED) is 0.615. The first kappa shape index (κ1) is 13.4. The molecule has 0 aromatic heterocycles. The molecule has 0 heteroatoms. The van der Waals surface area contributed by atoms with Crippen LogP contribution in [-0.2, 0) is 0 Å². The molecule has 100 valence electrons. The third-order valence-corrected chi connectivity index (χ3v) is 6.27. The predicted octanol–water partition coefficient (Wildman–Crippen LogP) is 5.23. The Bertz CT molecular complexity index is 245. The van der Waals surface area contributed by atoms with E-state index in [1.165, 1.54) is 19.3 Å². The van der Waals surface area contributed by atoms with Gasteiger partial charge in [0.15, 0.2) is 0 Å². The van der Waals surface area contributed by atoms with Crippen molar-refractivity contribution in [3.63, 3.8) is 0 Å². The monoisotopic (exact) mass is 236 g/mol. The summed E-state index contributed by atoms with van der Waals surface area (Å²) >= 11 is 0. The molecule has 2 aliphatic rings. The Morgan fingerprint density at radius 3 is 1.94 bits per heavy atom. The zero-order valence-corrected chi connectivity index (χ0v) is 12.7. The molecule has 2 saturated carbocycles. The molecular weight excluding hydrogens is 204 g/mol. The second-order valence-corrected chi connectivity index (χ2v) is 7.78. The van der Waals surface area contributed by atoms with E-state index in [1.54, 1.807) is 0 Å². The molecule has 0 saturated heterocycles. The molecule has 0 radical (unpaired) electrons. The molecule has 0 bridgehead atoms. The van der Waals surface area contributed by atoms with Gasteiger partial charge in [-0.3, -0.25) is 0 Å². The van der Waals surface area contributed by atoms with Crippen molar-refractivity contribution in [3.05, 3.63) is 0 Å². The van der Waals surface area contributed by atoms with Gasteiger partial charge in [-0.2, -0.15) is 0 Å². The molecular formula is C17H32. The molecule has 17 heavy (non-hydrogen) atoms. The second-order valence-electron chi connectivity index (χ2n) is 7.78. The molecule has 0 spiro atoms. The Morgan fingerprint density at radius 1 is 0.765 bits per heavy atom. The maximum absolute atomic E-state index is 2.52. The van der Waals surface area contributed by atoms with Crippen molar-refractivity contribution in [3.8, 4) is 0 Å². The standard InChI is InChI=1S/C17H32/c1-10(2)14-8-15(11(3)4)17-7-12(5)13(6)16(17)9-14/h10-17H,7-9H2,1-6H3. The lowest BCUT2D eigenvalue weighted by Crippen LogP contribution is -2.35. The van der Waals surface area contributed by atoms with E-state index < -0.39 is 0 Å². The van der Waals surface area contributed by atoms with Gasteiger partial charge >= 0.3 is 0 Å². The number of hydrogen-bond donors (Lipinski definition) is 0. The van der Waals surface area contributed by atoms with Crippen LogP contribution in [-0.4, -0.2) is 0 Å². The summed E-state index contributed by atoms with van der Waals surface area (Å²) in [5, 5.41) is 0. The van der Waals surface area contributed by atoms with Crippen molar-refractivity contribution >= 4 is 0 Å². The molecule has 0 N–H and O–H groups in total. The first-order valence-corrected chi connectivity index (χ1v) is 7.91. The molecule has 0 aromatic carbocycles. The Labute approximate surface area is 109 Å². The van der Waals surface area contributed by atoms with E-state index in [4.69, 9.17) is 0 Å². The van der Waals surface area contributed by atoms with Crippen LogP contribution in [0.2, 0.25) is 0 Å². The maximum atomic E-state index is 2.52. The number of fused-ring (bicyclic) bond motifs is 1. The number of rotatable bonds is 2. The SMILES string of the molecule is CC(C)C1CC(C(C)C)C2CC(C)C(C)C2C1. The van der Waals surface area contributed by atoms with E-state index in [-0.39, 0.29) is 0 Å². The van der Waals surface area contributed by atoms with Crippen LogP contribution in [0.25, 0.3) is 0 Å². The van der Waals surface area contributed by atoms with E-state index >= 15 is 0 Å². The van der Waals surface area contributed by atoms with E-state index in [0.717, 1.165) is 47.3 Å². The van der Waals surface area contributed by atoms with Gasteiger partial charge in [-0.05, 0) is 66.6 Å². The Kier molecular flexibility index (Phi) is 3.90. The van der Waals surface area contributed by atoms with Gasteiger partial charge in [0.1, 0.15) is 0 Å². The van der Waals surface area contributed by atoms with Crippen molar-refractivity contribution in [1.82, 2.24) is 0 Å². The lowest BCUT2D eigenvalue weighted by atomic mass is 9.62. The van der Waals surface area contributed by atoms with Crippen LogP contribution in [0.4, 0.5) is 0 Å². The molecule has 0 aliphatic heterocycles. The zero-order valence-electron chi connectivity index (χ0n) is 12.7. The van der Waals surface area contributed by atoms with Crippen LogP contribution < -0.4 is 0 Å². The van der Waals surface area contributed by atoms with E-state index in [9.17, 15) is 0 Å². The summed E-state index contributed by atoms with van der Waals surface area (Å²) < 4.78 is 0. The smallest absolute Gasteiger partial charge is 0.0349 e. The van der Waals surface area contributed by atoms with Crippen LogP contribution in [0.1, 0.15) is 60.8 Å². The summed E-state index contributed by atoms with van der Waals surface area (Å²) in [6.45, 7) is 14.8. The highest BCUT2D eigenvalue weighted by Crippen LogP contribution is 2.55. The lowest BCUT2D eigenvalue weighted by molar-refractivity contribution is 0.0599. The van der Waals surface area contributed by atoms with Gasteiger partial charge < -0.3 is 0 Å². The van der Waals surface area contributed by atoms with E-state index in [1.807, 2.05) is 0 Å². The Balaban J connectivity index is 2.17. The topological polar surface area (TPSA) is 0 Å². The summed E-state index contributed by atoms with van der Waals surface area (Å²) in [7, 11) is 0. The molecule has 6 unspecified atom stereocenters. The van der Waals surface area contributed by atoms with Crippen LogP contribution in [0.5, 0.6) is 0 Å². The van der Waals surface area contributed by atoms with Gasteiger partial charge in [-0.15, -0.1) is 0 Å². The van der Waals surface area contributed by atoms with Gasteiger partial charge in [0.05, 0.1) is 0 Å². The zero-order chi connectivity index (χ0) is 12.7. The van der Waals surface area contributed by atoms with Gasteiger partial charge in [0.2, 0.25) is 0 Å². The van der Waals surface area contributed by atoms with Gasteiger partial charge in [-0.1, -0.05) is 41.5 Å². The minimum Gasteiger partial charge on any atom is -0.0625 e. The number of hydrogen-bond acceptors (Lipinski definition) is 0. The maximum Gasteiger partial charge on any atom is -0.0349 e. The van der Waals surface area contributed by atoms with E-state index in [0.29, 0.717) is 0 Å². The summed E-state index contributed by atoms with van der Waals surface area (Å²) in [5.74, 6) is 7.82. The van der Waals surface area contributed by atoms with Crippen molar-refractivity contribution < 1.29 is 0 Å².